The third kappa shape index (κ3) is 2.29. The Kier molecular flexibility index (Phi) is 3.02. The molecule has 6 nitrogen and oxygen atoms in total. The van der Waals surface area contributed by atoms with Crippen LogP contribution in [0.5, 0.6) is 11.9 Å². The number of pyridine rings is 1. The van der Waals surface area contributed by atoms with Crippen molar-refractivity contribution in [2.45, 2.75) is 6.54 Å². The van der Waals surface area contributed by atoms with Crippen molar-refractivity contribution in [3.63, 3.8) is 0 Å². The van der Waals surface area contributed by atoms with Crippen molar-refractivity contribution in [3.8, 4) is 11.9 Å². The molecular weight excluding hydrogens is 230 g/mol. The SMILES string of the molecule is Cn1cnc(Oc2ccc(Cl)c(CN)n2)n1. The highest BCUT2D eigenvalue weighted by molar-refractivity contribution is 6.31. The Labute approximate surface area is 97.0 Å². The topological polar surface area (TPSA) is 78.9 Å². The number of hydrogen-bond donors (Lipinski definition) is 1. The molecule has 0 aromatic carbocycles. The lowest BCUT2D eigenvalue weighted by Crippen LogP contribution is -2.02. The second-order valence-electron chi connectivity index (χ2n) is 3.09. The van der Waals surface area contributed by atoms with E-state index in [4.69, 9.17) is 22.1 Å². The molecule has 0 radical (unpaired) electrons. The highest BCUT2D eigenvalue weighted by atomic mass is 35.5. The molecule has 0 fully saturated rings. The summed E-state index contributed by atoms with van der Waals surface area (Å²) in [7, 11) is 1.75. The molecule has 0 bridgehead atoms. The Balaban J connectivity index is 2.21. The molecule has 2 N–H and O–H groups in total. The lowest BCUT2D eigenvalue weighted by molar-refractivity contribution is 0.421. The number of halogens is 1. The number of nitrogens with two attached hydrogens (primary N) is 1. The van der Waals surface area contributed by atoms with Crippen LogP contribution in [0.1, 0.15) is 5.69 Å². The summed E-state index contributed by atoms with van der Waals surface area (Å²) in [5, 5.41) is 4.48. The van der Waals surface area contributed by atoms with Gasteiger partial charge in [0.1, 0.15) is 6.33 Å². The Morgan fingerprint density at radius 2 is 2.31 bits per heavy atom. The first-order valence-corrected chi connectivity index (χ1v) is 4.96. The van der Waals surface area contributed by atoms with Crippen LogP contribution in [-0.2, 0) is 13.6 Å². The second-order valence-corrected chi connectivity index (χ2v) is 3.49. The fourth-order valence-corrected chi connectivity index (χ4v) is 1.31. The van der Waals surface area contributed by atoms with E-state index in [-0.39, 0.29) is 12.6 Å². The Morgan fingerprint density at radius 1 is 1.50 bits per heavy atom. The van der Waals surface area contributed by atoms with Crippen LogP contribution in [0.3, 0.4) is 0 Å². The third-order valence-electron chi connectivity index (χ3n) is 1.86. The molecule has 2 rings (SSSR count). The number of hydrogen-bond acceptors (Lipinski definition) is 5. The third-order valence-corrected chi connectivity index (χ3v) is 2.20. The van der Waals surface area contributed by atoms with Gasteiger partial charge < -0.3 is 10.5 Å². The van der Waals surface area contributed by atoms with Gasteiger partial charge in [-0.05, 0) is 6.07 Å². The van der Waals surface area contributed by atoms with Gasteiger partial charge in [0.25, 0.3) is 0 Å². The van der Waals surface area contributed by atoms with Gasteiger partial charge in [0.05, 0.1) is 10.7 Å². The first-order chi connectivity index (χ1) is 7.69. The van der Waals surface area contributed by atoms with Crippen LogP contribution >= 0.6 is 11.6 Å². The van der Waals surface area contributed by atoms with E-state index in [0.29, 0.717) is 16.6 Å². The predicted molar refractivity (Wildman–Crippen MR) is 58.2 cm³/mol. The highest BCUT2D eigenvalue weighted by Crippen LogP contribution is 2.20. The van der Waals surface area contributed by atoms with Gasteiger partial charge in [0, 0.05) is 19.7 Å². The molecular formula is C9H10ClN5O. The number of nitrogens with zero attached hydrogens (tertiary/aromatic N) is 4. The maximum Gasteiger partial charge on any atom is 0.342 e. The van der Waals surface area contributed by atoms with Gasteiger partial charge in [0.2, 0.25) is 5.88 Å². The lowest BCUT2D eigenvalue weighted by atomic mass is 10.3. The van der Waals surface area contributed by atoms with E-state index in [2.05, 4.69) is 15.1 Å². The highest BCUT2D eigenvalue weighted by Gasteiger charge is 2.06. The van der Waals surface area contributed by atoms with Crippen LogP contribution in [-0.4, -0.2) is 19.7 Å². The molecule has 2 aromatic rings. The van der Waals surface area contributed by atoms with Crippen molar-refractivity contribution in [1.29, 1.82) is 0 Å². The van der Waals surface area contributed by atoms with Crippen LogP contribution < -0.4 is 10.5 Å². The quantitative estimate of drug-likeness (QED) is 0.868. The van der Waals surface area contributed by atoms with Crippen molar-refractivity contribution >= 4 is 11.6 Å². The van der Waals surface area contributed by atoms with Gasteiger partial charge in [-0.3, -0.25) is 4.68 Å². The molecule has 0 unspecified atom stereocenters. The van der Waals surface area contributed by atoms with Crippen molar-refractivity contribution in [2.24, 2.45) is 12.8 Å². The monoisotopic (exact) mass is 239 g/mol. The van der Waals surface area contributed by atoms with Crippen LogP contribution in [0.4, 0.5) is 0 Å². The molecule has 0 saturated heterocycles. The molecule has 2 aromatic heterocycles. The normalized spacial score (nSPS) is 10.4. The summed E-state index contributed by atoms with van der Waals surface area (Å²) < 4.78 is 6.87. The van der Waals surface area contributed by atoms with Crippen LogP contribution in [0.25, 0.3) is 0 Å². The largest absolute Gasteiger partial charge is 0.404 e. The lowest BCUT2D eigenvalue weighted by Gasteiger charge is -2.03. The zero-order valence-corrected chi connectivity index (χ0v) is 9.35. The van der Waals surface area contributed by atoms with E-state index in [0.717, 1.165) is 0 Å². The number of ether oxygens (including phenoxy) is 1. The Bertz CT molecular complexity index is 498. The fraction of sp³-hybridized carbons (Fsp3) is 0.222. The Morgan fingerprint density at radius 3 is 2.94 bits per heavy atom. The minimum absolute atomic E-state index is 0.236. The molecule has 0 aliphatic heterocycles. The summed E-state index contributed by atoms with van der Waals surface area (Å²) in [6, 6.07) is 3.55. The molecule has 84 valence electrons. The zero-order valence-electron chi connectivity index (χ0n) is 8.59. The number of aryl methyl sites for hydroxylation is 1. The maximum absolute atomic E-state index is 5.87. The summed E-state index contributed by atoms with van der Waals surface area (Å²) in [4.78, 5) is 8.04. The molecule has 2 heterocycles. The summed E-state index contributed by atoms with van der Waals surface area (Å²) >= 11 is 5.87. The zero-order chi connectivity index (χ0) is 11.5. The summed E-state index contributed by atoms with van der Waals surface area (Å²) in [5.41, 5.74) is 6.06. The standard InChI is InChI=1S/C9H10ClN5O/c1-15-5-12-9(14-15)16-8-3-2-6(10)7(4-11)13-8/h2-3,5H,4,11H2,1H3. The maximum atomic E-state index is 5.87. The van der Waals surface area contributed by atoms with Gasteiger partial charge in [-0.25, -0.2) is 4.98 Å². The van der Waals surface area contributed by atoms with Crippen molar-refractivity contribution in [2.75, 3.05) is 0 Å². The van der Waals surface area contributed by atoms with Crippen molar-refractivity contribution in [3.05, 3.63) is 29.2 Å². The predicted octanol–water partition coefficient (Wildman–Crippen LogP) is 1.11. The molecule has 0 spiro atoms. The smallest absolute Gasteiger partial charge is 0.342 e. The molecule has 0 saturated carbocycles. The number of aromatic nitrogens is 4. The van der Waals surface area contributed by atoms with Gasteiger partial charge in [-0.15, -0.1) is 5.10 Å². The Hall–Kier alpha value is -1.66. The fourth-order valence-electron chi connectivity index (χ4n) is 1.12. The van der Waals surface area contributed by atoms with Gasteiger partial charge in [-0.2, -0.15) is 4.98 Å². The van der Waals surface area contributed by atoms with Crippen LogP contribution in [0, 0.1) is 0 Å². The van der Waals surface area contributed by atoms with E-state index in [9.17, 15) is 0 Å². The summed E-state index contributed by atoms with van der Waals surface area (Å²) in [6.45, 7) is 0.256. The van der Waals surface area contributed by atoms with Gasteiger partial charge in [-0.1, -0.05) is 11.6 Å². The minimum atomic E-state index is 0.236. The molecule has 7 heteroatoms. The first-order valence-electron chi connectivity index (χ1n) is 4.58. The van der Waals surface area contributed by atoms with Crippen LogP contribution in [0.2, 0.25) is 5.02 Å². The minimum Gasteiger partial charge on any atom is -0.404 e. The van der Waals surface area contributed by atoms with E-state index in [1.54, 1.807) is 19.2 Å². The summed E-state index contributed by atoms with van der Waals surface area (Å²) in [6.07, 6.45) is 1.54. The van der Waals surface area contributed by atoms with E-state index in [1.165, 1.54) is 11.0 Å². The van der Waals surface area contributed by atoms with Gasteiger partial charge >= 0.3 is 6.01 Å². The molecule has 0 atom stereocenters. The molecule has 0 aliphatic carbocycles. The molecule has 16 heavy (non-hydrogen) atoms. The summed E-state index contributed by atoms with van der Waals surface area (Å²) in [5.74, 6) is 0.371. The molecule has 0 aliphatic rings. The van der Waals surface area contributed by atoms with E-state index in [1.807, 2.05) is 0 Å². The van der Waals surface area contributed by atoms with E-state index >= 15 is 0 Å². The average Bonchev–Trinajstić information content (AvgIpc) is 2.67. The average molecular weight is 240 g/mol. The van der Waals surface area contributed by atoms with E-state index < -0.39 is 0 Å². The first kappa shape index (κ1) is 10.8. The van der Waals surface area contributed by atoms with Crippen molar-refractivity contribution < 1.29 is 4.74 Å². The second kappa shape index (κ2) is 4.46. The number of rotatable bonds is 3. The molecule has 0 amide bonds. The van der Waals surface area contributed by atoms with Crippen LogP contribution in [0.15, 0.2) is 18.5 Å². The van der Waals surface area contributed by atoms with Crippen molar-refractivity contribution in [1.82, 2.24) is 19.7 Å². The van der Waals surface area contributed by atoms with Gasteiger partial charge in [0.15, 0.2) is 0 Å².